The van der Waals surface area contributed by atoms with Gasteiger partial charge in [0.05, 0.1) is 6.54 Å². The Morgan fingerprint density at radius 3 is 2.85 bits per heavy atom. The number of hydrogen-bond acceptors (Lipinski definition) is 3. The highest BCUT2D eigenvalue weighted by molar-refractivity contribution is 7.98. The number of ketones is 1. The second kappa shape index (κ2) is 6.44. The Morgan fingerprint density at radius 2 is 2.23 bits per heavy atom. The van der Waals surface area contributed by atoms with E-state index < -0.39 is 0 Å². The van der Waals surface area contributed by atoms with Gasteiger partial charge in [-0.25, -0.2) is 0 Å². The van der Waals surface area contributed by atoms with Gasteiger partial charge in [-0.2, -0.15) is 11.8 Å². The average Bonchev–Trinajstić information content (AvgIpc) is 2.51. The third-order valence-electron chi connectivity index (χ3n) is 2.43. The van der Waals surface area contributed by atoms with Gasteiger partial charge in [0.1, 0.15) is 5.78 Å². The van der Waals surface area contributed by atoms with E-state index in [0.29, 0.717) is 12.3 Å². The van der Waals surface area contributed by atoms with Crippen molar-refractivity contribution >= 4 is 17.5 Å². The molecule has 0 amide bonds. The van der Waals surface area contributed by atoms with Gasteiger partial charge in [-0.1, -0.05) is 6.42 Å². The van der Waals surface area contributed by atoms with E-state index in [9.17, 15) is 4.79 Å². The van der Waals surface area contributed by atoms with Gasteiger partial charge in [0.25, 0.3) is 0 Å². The van der Waals surface area contributed by atoms with Crippen molar-refractivity contribution in [3.8, 4) is 0 Å². The summed E-state index contributed by atoms with van der Waals surface area (Å²) < 4.78 is 0. The molecule has 1 saturated heterocycles. The SMILES string of the molecule is CSCCCCCN1CCC(=O)C1. The van der Waals surface area contributed by atoms with Gasteiger partial charge < -0.3 is 0 Å². The maximum atomic E-state index is 10.9. The van der Waals surface area contributed by atoms with E-state index in [2.05, 4.69) is 11.2 Å². The normalized spacial score (nSPS) is 18.4. The second-order valence-electron chi connectivity index (χ2n) is 3.62. The summed E-state index contributed by atoms with van der Waals surface area (Å²) in [5.74, 6) is 1.70. The minimum absolute atomic E-state index is 0.420. The van der Waals surface area contributed by atoms with Crippen molar-refractivity contribution in [2.45, 2.75) is 25.7 Å². The van der Waals surface area contributed by atoms with Crippen molar-refractivity contribution < 1.29 is 4.79 Å². The maximum Gasteiger partial charge on any atom is 0.148 e. The molecule has 3 heteroatoms. The summed E-state index contributed by atoms with van der Waals surface area (Å²) in [4.78, 5) is 13.2. The molecule has 0 aromatic rings. The number of carbonyl (C=O) groups excluding carboxylic acids is 1. The molecule has 1 fully saturated rings. The number of likely N-dealkylation sites (tertiary alicyclic amines) is 1. The van der Waals surface area contributed by atoms with Gasteiger partial charge in [0, 0.05) is 13.0 Å². The van der Waals surface area contributed by atoms with Gasteiger partial charge in [-0.15, -0.1) is 0 Å². The second-order valence-corrected chi connectivity index (χ2v) is 4.60. The summed E-state index contributed by atoms with van der Waals surface area (Å²) in [6, 6.07) is 0. The lowest BCUT2D eigenvalue weighted by molar-refractivity contribution is -0.116. The summed E-state index contributed by atoms with van der Waals surface area (Å²) in [6.45, 7) is 2.84. The largest absolute Gasteiger partial charge is 0.298 e. The van der Waals surface area contributed by atoms with Crippen LogP contribution < -0.4 is 0 Å². The first-order chi connectivity index (χ1) is 6.33. The first-order valence-electron chi connectivity index (χ1n) is 5.06. The van der Waals surface area contributed by atoms with Crippen LogP contribution in [0.2, 0.25) is 0 Å². The maximum absolute atomic E-state index is 10.9. The molecule has 0 radical (unpaired) electrons. The Hall–Kier alpha value is -0.0200. The average molecular weight is 201 g/mol. The van der Waals surface area contributed by atoms with Crippen LogP contribution in [-0.4, -0.2) is 42.3 Å². The van der Waals surface area contributed by atoms with Crippen molar-refractivity contribution in [1.82, 2.24) is 4.90 Å². The molecule has 0 aliphatic carbocycles. The molecule has 0 bridgehead atoms. The van der Waals surface area contributed by atoms with E-state index in [1.807, 2.05) is 11.8 Å². The number of unbranched alkanes of at least 4 members (excludes halogenated alkanes) is 2. The van der Waals surface area contributed by atoms with Crippen LogP contribution in [-0.2, 0) is 4.79 Å². The lowest BCUT2D eigenvalue weighted by atomic mass is 10.2. The summed E-state index contributed by atoms with van der Waals surface area (Å²) in [5.41, 5.74) is 0. The molecule has 2 nitrogen and oxygen atoms in total. The Kier molecular flexibility index (Phi) is 5.47. The fourth-order valence-corrected chi connectivity index (χ4v) is 2.13. The Balaban J connectivity index is 1.91. The number of nitrogens with zero attached hydrogens (tertiary/aromatic N) is 1. The number of carbonyl (C=O) groups is 1. The lowest BCUT2D eigenvalue weighted by Gasteiger charge is -2.12. The monoisotopic (exact) mass is 201 g/mol. The van der Waals surface area contributed by atoms with Gasteiger partial charge in [-0.05, 0) is 31.4 Å². The number of hydrogen-bond donors (Lipinski definition) is 0. The van der Waals surface area contributed by atoms with E-state index >= 15 is 0 Å². The fourth-order valence-electron chi connectivity index (χ4n) is 1.64. The minimum Gasteiger partial charge on any atom is -0.298 e. The summed E-state index contributed by atoms with van der Waals surface area (Å²) in [7, 11) is 0. The van der Waals surface area contributed by atoms with E-state index in [1.165, 1.54) is 25.0 Å². The van der Waals surface area contributed by atoms with Crippen LogP contribution in [0.25, 0.3) is 0 Å². The van der Waals surface area contributed by atoms with E-state index in [0.717, 1.165) is 19.5 Å². The summed E-state index contributed by atoms with van der Waals surface area (Å²) in [5, 5.41) is 0. The highest BCUT2D eigenvalue weighted by atomic mass is 32.2. The highest BCUT2D eigenvalue weighted by Crippen LogP contribution is 2.07. The van der Waals surface area contributed by atoms with Crippen molar-refractivity contribution in [1.29, 1.82) is 0 Å². The molecular weight excluding hydrogens is 182 g/mol. The van der Waals surface area contributed by atoms with Crippen LogP contribution in [0, 0.1) is 0 Å². The highest BCUT2D eigenvalue weighted by Gasteiger charge is 2.17. The Bertz CT molecular complexity index is 161. The van der Waals surface area contributed by atoms with Crippen LogP contribution in [0.4, 0.5) is 0 Å². The molecule has 0 N–H and O–H groups in total. The Morgan fingerprint density at radius 1 is 1.38 bits per heavy atom. The molecule has 0 aromatic heterocycles. The molecule has 1 rings (SSSR count). The molecule has 0 spiro atoms. The zero-order valence-electron chi connectivity index (χ0n) is 8.42. The molecule has 0 unspecified atom stereocenters. The van der Waals surface area contributed by atoms with Gasteiger partial charge in [-0.3, -0.25) is 9.69 Å². The molecule has 0 aromatic carbocycles. The summed E-state index contributed by atoms with van der Waals surface area (Å²) >= 11 is 1.92. The van der Waals surface area contributed by atoms with Crippen molar-refractivity contribution in [2.24, 2.45) is 0 Å². The fraction of sp³-hybridized carbons (Fsp3) is 0.900. The van der Waals surface area contributed by atoms with Gasteiger partial charge in [0.2, 0.25) is 0 Å². The molecular formula is C10H19NOS. The van der Waals surface area contributed by atoms with E-state index in [4.69, 9.17) is 0 Å². The van der Waals surface area contributed by atoms with Gasteiger partial charge in [0.15, 0.2) is 0 Å². The van der Waals surface area contributed by atoms with Crippen molar-refractivity contribution in [3.05, 3.63) is 0 Å². The third-order valence-corrected chi connectivity index (χ3v) is 3.13. The lowest BCUT2D eigenvalue weighted by Crippen LogP contribution is -2.21. The van der Waals surface area contributed by atoms with Crippen LogP contribution in [0.5, 0.6) is 0 Å². The van der Waals surface area contributed by atoms with E-state index in [-0.39, 0.29) is 0 Å². The first-order valence-corrected chi connectivity index (χ1v) is 6.45. The molecule has 13 heavy (non-hydrogen) atoms. The predicted molar refractivity (Wildman–Crippen MR) is 58.3 cm³/mol. The zero-order valence-corrected chi connectivity index (χ0v) is 9.24. The number of rotatable bonds is 6. The quantitative estimate of drug-likeness (QED) is 0.611. The zero-order chi connectivity index (χ0) is 9.52. The van der Waals surface area contributed by atoms with Crippen LogP contribution in [0.15, 0.2) is 0 Å². The molecule has 1 aliphatic rings. The molecule has 76 valence electrons. The molecule has 1 heterocycles. The van der Waals surface area contributed by atoms with Crippen molar-refractivity contribution in [2.75, 3.05) is 31.6 Å². The van der Waals surface area contributed by atoms with Crippen LogP contribution >= 0.6 is 11.8 Å². The topological polar surface area (TPSA) is 20.3 Å². The van der Waals surface area contributed by atoms with Crippen LogP contribution in [0.1, 0.15) is 25.7 Å². The number of thioether (sulfide) groups is 1. The van der Waals surface area contributed by atoms with Gasteiger partial charge >= 0.3 is 0 Å². The third kappa shape index (κ3) is 4.67. The first kappa shape index (κ1) is 11.1. The van der Waals surface area contributed by atoms with Crippen molar-refractivity contribution in [3.63, 3.8) is 0 Å². The smallest absolute Gasteiger partial charge is 0.148 e. The predicted octanol–water partition coefficient (Wildman–Crippen LogP) is 1.79. The Labute approximate surface area is 85.1 Å². The standard InChI is InChI=1S/C10H19NOS/c1-13-8-4-2-3-6-11-7-5-10(12)9-11/h2-9H2,1H3. The molecule has 0 saturated carbocycles. The summed E-state index contributed by atoms with van der Waals surface area (Å²) in [6.07, 6.45) is 6.83. The molecule has 1 aliphatic heterocycles. The minimum atomic E-state index is 0.420. The van der Waals surface area contributed by atoms with E-state index in [1.54, 1.807) is 0 Å². The van der Waals surface area contributed by atoms with Crippen LogP contribution in [0.3, 0.4) is 0 Å². The molecule has 0 atom stereocenters. The number of Topliss-reactive ketones (excluding diaryl/α,β-unsaturated/α-hetero) is 1.